The SMILES string of the molecule is C[C@@H](C(=O)NC1=CC2CC2(c2ccccc2)NN1)N1CCCC2=C1C(=O)N(C)C2=O. The molecule has 3 aliphatic heterocycles. The molecule has 3 N–H and O–H groups in total. The lowest BCUT2D eigenvalue weighted by molar-refractivity contribution is -0.136. The molecule has 5 rings (SSSR count). The van der Waals surface area contributed by atoms with Crippen LogP contribution in [0.2, 0.25) is 0 Å². The molecular formula is C22H25N5O3. The smallest absolute Gasteiger partial charge is 0.277 e. The molecule has 0 radical (unpaired) electrons. The lowest BCUT2D eigenvalue weighted by Gasteiger charge is -2.34. The summed E-state index contributed by atoms with van der Waals surface area (Å²) < 4.78 is 0. The van der Waals surface area contributed by atoms with Crippen molar-refractivity contribution >= 4 is 17.7 Å². The van der Waals surface area contributed by atoms with E-state index in [1.54, 1.807) is 11.8 Å². The molecule has 1 fully saturated rings. The number of imide groups is 1. The highest BCUT2D eigenvalue weighted by Gasteiger charge is 2.56. The van der Waals surface area contributed by atoms with E-state index in [0.29, 0.717) is 36.0 Å². The minimum Gasteiger partial charge on any atom is -0.355 e. The molecule has 0 spiro atoms. The molecule has 8 heteroatoms. The average molecular weight is 407 g/mol. The molecule has 1 aromatic rings. The average Bonchev–Trinajstić information content (AvgIpc) is 3.47. The molecule has 1 saturated carbocycles. The van der Waals surface area contributed by atoms with Crippen LogP contribution in [0.4, 0.5) is 0 Å². The number of hydrogen-bond donors (Lipinski definition) is 3. The summed E-state index contributed by atoms with van der Waals surface area (Å²) in [7, 11) is 1.49. The first-order chi connectivity index (χ1) is 14.4. The van der Waals surface area contributed by atoms with Crippen LogP contribution in [0.25, 0.3) is 0 Å². The second-order valence-electron chi connectivity index (χ2n) is 8.44. The van der Waals surface area contributed by atoms with Crippen LogP contribution in [0.3, 0.4) is 0 Å². The number of likely N-dealkylation sites (N-methyl/N-ethyl adjacent to an activating group) is 1. The predicted octanol–water partition coefficient (Wildman–Crippen LogP) is 0.704. The molecule has 0 bridgehead atoms. The third-order valence-electron chi connectivity index (χ3n) is 6.67. The molecule has 0 aromatic heterocycles. The van der Waals surface area contributed by atoms with E-state index in [1.165, 1.54) is 12.6 Å². The molecule has 156 valence electrons. The number of nitrogens with one attached hydrogen (secondary N) is 3. The Labute approximate surface area is 174 Å². The second kappa shape index (κ2) is 6.70. The van der Waals surface area contributed by atoms with Gasteiger partial charge in [0.2, 0.25) is 5.91 Å². The maximum absolute atomic E-state index is 12.9. The molecule has 3 atom stereocenters. The molecule has 30 heavy (non-hydrogen) atoms. The van der Waals surface area contributed by atoms with Gasteiger partial charge < -0.3 is 15.6 Å². The van der Waals surface area contributed by atoms with Crippen molar-refractivity contribution in [1.29, 1.82) is 0 Å². The Morgan fingerprint density at radius 1 is 1.23 bits per heavy atom. The van der Waals surface area contributed by atoms with Gasteiger partial charge in [-0.3, -0.25) is 19.3 Å². The summed E-state index contributed by atoms with van der Waals surface area (Å²) in [6.45, 7) is 2.34. The van der Waals surface area contributed by atoms with Crippen molar-refractivity contribution in [3.05, 3.63) is 59.1 Å². The summed E-state index contributed by atoms with van der Waals surface area (Å²) in [5.41, 5.74) is 8.49. The Morgan fingerprint density at radius 3 is 2.73 bits per heavy atom. The highest BCUT2D eigenvalue weighted by atomic mass is 16.2. The normalized spacial score (nSPS) is 28.5. The Hall–Kier alpha value is -3.13. The van der Waals surface area contributed by atoms with Crippen LogP contribution in [0, 0.1) is 5.92 Å². The molecule has 3 amide bonds. The van der Waals surface area contributed by atoms with Crippen LogP contribution in [0.1, 0.15) is 31.7 Å². The van der Waals surface area contributed by atoms with Crippen LogP contribution in [-0.4, -0.2) is 47.2 Å². The van der Waals surface area contributed by atoms with Crippen molar-refractivity contribution in [3.8, 4) is 0 Å². The van der Waals surface area contributed by atoms with Crippen LogP contribution in [0.5, 0.6) is 0 Å². The van der Waals surface area contributed by atoms with Gasteiger partial charge in [-0.25, -0.2) is 5.43 Å². The Balaban J connectivity index is 1.29. The molecule has 3 heterocycles. The van der Waals surface area contributed by atoms with E-state index >= 15 is 0 Å². The Kier molecular flexibility index (Phi) is 4.21. The maximum Gasteiger partial charge on any atom is 0.277 e. The largest absolute Gasteiger partial charge is 0.355 e. The molecular weight excluding hydrogens is 382 g/mol. The topological polar surface area (TPSA) is 93.8 Å². The molecule has 0 saturated heterocycles. The van der Waals surface area contributed by atoms with Gasteiger partial charge in [0.25, 0.3) is 11.8 Å². The number of fused-ring (bicyclic) bond motifs is 1. The van der Waals surface area contributed by atoms with E-state index in [-0.39, 0.29) is 23.3 Å². The summed E-state index contributed by atoms with van der Waals surface area (Å²) in [6.07, 6.45) is 4.33. The number of carbonyl (C=O) groups is 3. The van der Waals surface area contributed by atoms with E-state index in [9.17, 15) is 14.4 Å². The van der Waals surface area contributed by atoms with E-state index in [1.807, 2.05) is 24.3 Å². The van der Waals surface area contributed by atoms with Crippen molar-refractivity contribution in [2.45, 2.75) is 37.8 Å². The Bertz CT molecular complexity index is 1000. The lowest BCUT2D eigenvalue weighted by atomic mass is 10.0. The summed E-state index contributed by atoms with van der Waals surface area (Å²) in [4.78, 5) is 40.7. The fourth-order valence-electron chi connectivity index (χ4n) is 4.78. The first kappa shape index (κ1) is 18.9. The van der Waals surface area contributed by atoms with Gasteiger partial charge in [0.05, 0.1) is 5.54 Å². The summed E-state index contributed by atoms with van der Waals surface area (Å²) in [5, 5.41) is 2.93. The molecule has 8 nitrogen and oxygen atoms in total. The maximum atomic E-state index is 12.9. The van der Waals surface area contributed by atoms with E-state index < -0.39 is 6.04 Å². The minimum atomic E-state index is -0.568. The van der Waals surface area contributed by atoms with Gasteiger partial charge >= 0.3 is 0 Å². The zero-order valence-corrected chi connectivity index (χ0v) is 17.1. The lowest BCUT2D eigenvalue weighted by Crippen LogP contribution is -2.52. The second-order valence-corrected chi connectivity index (χ2v) is 8.44. The number of hydrogen-bond acceptors (Lipinski definition) is 6. The van der Waals surface area contributed by atoms with Gasteiger partial charge in [0.1, 0.15) is 17.6 Å². The third-order valence-corrected chi connectivity index (χ3v) is 6.67. The number of hydrazine groups is 1. The van der Waals surface area contributed by atoms with E-state index in [0.717, 1.165) is 17.7 Å². The number of rotatable bonds is 4. The summed E-state index contributed by atoms with van der Waals surface area (Å²) in [5.74, 6) is 0.138. The van der Waals surface area contributed by atoms with Gasteiger partial charge in [-0.15, -0.1) is 0 Å². The molecule has 2 unspecified atom stereocenters. The number of nitrogens with zero attached hydrogens (tertiary/aromatic N) is 2. The molecule has 1 aliphatic carbocycles. The van der Waals surface area contributed by atoms with E-state index in [4.69, 9.17) is 0 Å². The highest BCUT2D eigenvalue weighted by molar-refractivity contribution is 6.19. The molecule has 4 aliphatic rings. The van der Waals surface area contributed by atoms with Gasteiger partial charge in [-0.05, 0) is 37.8 Å². The van der Waals surface area contributed by atoms with Gasteiger partial charge in [0, 0.05) is 25.1 Å². The summed E-state index contributed by atoms with van der Waals surface area (Å²) in [6, 6.07) is 9.69. The van der Waals surface area contributed by atoms with Gasteiger partial charge in [0.15, 0.2) is 0 Å². The highest BCUT2D eigenvalue weighted by Crippen LogP contribution is 2.53. The van der Waals surface area contributed by atoms with Crippen LogP contribution in [0.15, 0.2) is 53.5 Å². The van der Waals surface area contributed by atoms with Crippen molar-refractivity contribution in [3.63, 3.8) is 0 Å². The summed E-state index contributed by atoms with van der Waals surface area (Å²) >= 11 is 0. The standard InChI is InChI=1S/C22H25N5O3/c1-13(27-10-6-9-16-18(27)21(30)26(2)20(16)29)19(28)23-17-11-15-12-22(15,25-24-17)14-7-4-3-5-8-14/h3-5,7-8,11,13,15,24-25H,6,9-10,12H2,1-2H3,(H,23,28)/t13-,15?,22?/m0/s1. The number of amides is 3. The van der Waals surface area contributed by atoms with Crippen molar-refractivity contribution in [2.75, 3.05) is 13.6 Å². The zero-order valence-electron chi connectivity index (χ0n) is 17.1. The first-order valence-electron chi connectivity index (χ1n) is 10.4. The van der Waals surface area contributed by atoms with Crippen molar-refractivity contribution < 1.29 is 14.4 Å². The van der Waals surface area contributed by atoms with E-state index in [2.05, 4.69) is 28.3 Å². The zero-order chi connectivity index (χ0) is 21.0. The predicted molar refractivity (Wildman–Crippen MR) is 109 cm³/mol. The molecule has 1 aromatic carbocycles. The third kappa shape index (κ3) is 2.74. The van der Waals surface area contributed by atoms with Gasteiger partial charge in [-0.2, -0.15) is 0 Å². The van der Waals surface area contributed by atoms with Crippen LogP contribution in [-0.2, 0) is 19.9 Å². The number of benzene rings is 1. The fourth-order valence-corrected chi connectivity index (χ4v) is 4.78. The van der Waals surface area contributed by atoms with Crippen molar-refractivity contribution in [1.82, 2.24) is 26.0 Å². The van der Waals surface area contributed by atoms with Crippen LogP contribution < -0.4 is 16.2 Å². The minimum absolute atomic E-state index is 0.116. The van der Waals surface area contributed by atoms with Crippen molar-refractivity contribution in [2.24, 2.45) is 5.92 Å². The first-order valence-corrected chi connectivity index (χ1v) is 10.4. The monoisotopic (exact) mass is 407 g/mol. The number of carbonyl (C=O) groups excluding carboxylic acids is 3. The fraction of sp³-hybridized carbons (Fsp3) is 0.409. The quantitative estimate of drug-likeness (QED) is 0.637. The van der Waals surface area contributed by atoms with Gasteiger partial charge in [-0.1, -0.05) is 30.3 Å². The van der Waals surface area contributed by atoms with Crippen LogP contribution >= 0.6 is 0 Å². The Morgan fingerprint density at radius 2 is 2.00 bits per heavy atom.